The first-order valence-corrected chi connectivity index (χ1v) is 6.46. The third-order valence-electron chi connectivity index (χ3n) is 2.62. The van der Waals surface area contributed by atoms with E-state index in [0.717, 1.165) is 5.69 Å². The zero-order valence-corrected chi connectivity index (χ0v) is 11.9. The van der Waals surface area contributed by atoms with Crippen LogP contribution in [-0.2, 0) is 11.3 Å². The Balaban J connectivity index is 2.01. The molecular weight excluding hydrogens is 296 g/mol. The van der Waals surface area contributed by atoms with Crippen LogP contribution in [0.3, 0.4) is 0 Å². The average molecular weight is 309 g/mol. The second-order valence-electron chi connectivity index (χ2n) is 4.30. The number of amides is 1. The first kappa shape index (κ1) is 14.9. The lowest BCUT2D eigenvalue weighted by Gasteiger charge is -2.09. The fourth-order valence-electron chi connectivity index (χ4n) is 1.69. The number of carbonyl (C=O) groups is 2. The van der Waals surface area contributed by atoms with Crippen molar-refractivity contribution < 1.29 is 19.1 Å². The molecule has 1 aromatic heterocycles. The lowest BCUT2D eigenvalue weighted by molar-refractivity contribution is -0.114. The zero-order valence-electron chi connectivity index (χ0n) is 11.1. The SMILES string of the molecule is CC(=O)Nc1ccc(NCc2ccc(C(=O)O)o2)cc1Cl. The molecule has 0 atom stereocenters. The van der Waals surface area contributed by atoms with Crippen LogP contribution in [0.15, 0.2) is 34.7 Å². The topological polar surface area (TPSA) is 91.6 Å². The number of halogens is 1. The van der Waals surface area contributed by atoms with Gasteiger partial charge in [-0.1, -0.05) is 11.6 Å². The van der Waals surface area contributed by atoms with Gasteiger partial charge in [0.1, 0.15) is 5.76 Å². The lowest BCUT2D eigenvalue weighted by Crippen LogP contribution is -2.06. The number of aromatic carboxylic acids is 1. The number of nitrogens with one attached hydrogen (secondary N) is 2. The molecule has 0 spiro atoms. The second kappa shape index (κ2) is 6.32. The van der Waals surface area contributed by atoms with Crippen molar-refractivity contribution in [2.45, 2.75) is 13.5 Å². The predicted molar refractivity (Wildman–Crippen MR) is 78.7 cm³/mol. The van der Waals surface area contributed by atoms with E-state index in [2.05, 4.69) is 10.6 Å². The third-order valence-corrected chi connectivity index (χ3v) is 2.93. The maximum Gasteiger partial charge on any atom is 0.371 e. The number of hydrogen-bond acceptors (Lipinski definition) is 4. The van der Waals surface area contributed by atoms with Crippen LogP contribution in [0.2, 0.25) is 5.02 Å². The molecule has 0 saturated carbocycles. The summed E-state index contributed by atoms with van der Waals surface area (Å²) >= 11 is 6.05. The molecular formula is C14H13ClN2O4. The molecule has 6 nitrogen and oxygen atoms in total. The summed E-state index contributed by atoms with van der Waals surface area (Å²) in [7, 11) is 0. The minimum atomic E-state index is -1.11. The Labute approximate surface area is 125 Å². The van der Waals surface area contributed by atoms with Gasteiger partial charge in [-0.25, -0.2) is 4.79 Å². The van der Waals surface area contributed by atoms with Gasteiger partial charge >= 0.3 is 5.97 Å². The van der Waals surface area contributed by atoms with E-state index >= 15 is 0 Å². The minimum absolute atomic E-state index is 0.106. The number of hydrogen-bond donors (Lipinski definition) is 3. The largest absolute Gasteiger partial charge is 0.475 e. The molecule has 0 aliphatic carbocycles. The number of rotatable bonds is 5. The normalized spacial score (nSPS) is 10.2. The molecule has 0 saturated heterocycles. The van der Waals surface area contributed by atoms with Crippen molar-refractivity contribution in [1.29, 1.82) is 0 Å². The molecule has 7 heteroatoms. The van der Waals surface area contributed by atoms with Gasteiger partial charge in [-0.05, 0) is 30.3 Å². The molecule has 1 heterocycles. The molecule has 0 fully saturated rings. The number of carboxylic acid groups (broad SMARTS) is 1. The molecule has 1 aromatic carbocycles. The van der Waals surface area contributed by atoms with Crippen LogP contribution in [0.5, 0.6) is 0 Å². The van der Waals surface area contributed by atoms with Gasteiger partial charge in [0.15, 0.2) is 0 Å². The van der Waals surface area contributed by atoms with E-state index in [1.165, 1.54) is 13.0 Å². The Hall–Kier alpha value is -2.47. The summed E-state index contributed by atoms with van der Waals surface area (Å²) in [6, 6.07) is 8.07. The van der Waals surface area contributed by atoms with E-state index in [1.807, 2.05) is 0 Å². The molecule has 0 aliphatic rings. The van der Waals surface area contributed by atoms with Crippen molar-refractivity contribution in [2.75, 3.05) is 10.6 Å². The molecule has 3 N–H and O–H groups in total. The van der Waals surface area contributed by atoms with Crippen molar-refractivity contribution in [1.82, 2.24) is 0 Å². The van der Waals surface area contributed by atoms with E-state index in [4.69, 9.17) is 21.1 Å². The van der Waals surface area contributed by atoms with Gasteiger partial charge in [0.05, 0.1) is 17.3 Å². The maximum absolute atomic E-state index is 11.0. The van der Waals surface area contributed by atoms with Crippen LogP contribution in [0.1, 0.15) is 23.2 Å². The highest BCUT2D eigenvalue weighted by atomic mass is 35.5. The molecule has 0 bridgehead atoms. The van der Waals surface area contributed by atoms with E-state index in [-0.39, 0.29) is 11.7 Å². The average Bonchev–Trinajstić information content (AvgIpc) is 2.88. The van der Waals surface area contributed by atoms with Crippen LogP contribution in [-0.4, -0.2) is 17.0 Å². The van der Waals surface area contributed by atoms with Crippen molar-refractivity contribution in [2.24, 2.45) is 0 Å². The highest BCUT2D eigenvalue weighted by molar-refractivity contribution is 6.34. The van der Waals surface area contributed by atoms with Crippen molar-refractivity contribution in [3.63, 3.8) is 0 Å². The molecule has 0 unspecified atom stereocenters. The summed E-state index contributed by atoms with van der Waals surface area (Å²) in [5.74, 6) is -0.918. The van der Waals surface area contributed by atoms with E-state index in [0.29, 0.717) is 23.0 Å². The zero-order chi connectivity index (χ0) is 15.4. The molecule has 0 radical (unpaired) electrons. The number of anilines is 2. The first-order chi connectivity index (χ1) is 9.95. The van der Waals surface area contributed by atoms with Gasteiger partial charge in [-0.2, -0.15) is 0 Å². The molecule has 2 rings (SSSR count). The summed E-state index contributed by atoms with van der Waals surface area (Å²) in [5.41, 5.74) is 1.25. The smallest absolute Gasteiger partial charge is 0.371 e. The number of carboxylic acids is 1. The van der Waals surface area contributed by atoms with Crippen molar-refractivity contribution in [3.05, 3.63) is 46.9 Å². The minimum Gasteiger partial charge on any atom is -0.475 e. The summed E-state index contributed by atoms with van der Waals surface area (Å²) in [6.45, 7) is 1.72. The second-order valence-corrected chi connectivity index (χ2v) is 4.71. The Kier molecular flexibility index (Phi) is 4.49. The monoisotopic (exact) mass is 308 g/mol. The van der Waals surface area contributed by atoms with Crippen molar-refractivity contribution in [3.8, 4) is 0 Å². The number of carbonyl (C=O) groups excluding carboxylic acids is 1. The van der Waals surface area contributed by atoms with Crippen LogP contribution in [0, 0.1) is 0 Å². The summed E-state index contributed by atoms with van der Waals surface area (Å²) in [5, 5.41) is 14.8. The van der Waals surface area contributed by atoms with E-state index in [9.17, 15) is 9.59 Å². The van der Waals surface area contributed by atoms with Crippen LogP contribution < -0.4 is 10.6 Å². The Morgan fingerprint density at radius 1 is 1.29 bits per heavy atom. The summed E-state index contributed by atoms with van der Waals surface area (Å²) < 4.78 is 5.12. The Morgan fingerprint density at radius 3 is 2.62 bits per heavy atom. The van der Waals surface area contributed by atoms with Crippen LogP contribution in [0.25, 0.3) is 0 Å². The number of furan rings is 1. The Bertz CT molecular complexity index is 681. The van der Waals surface area contributed by atoms with E-state index in [1.54, 1.807) is 24.3 Å². The van der Waals surface area contributed by atoms with Gasteiger partial charge in [-0.15, -0.1) is 0 Å². The fourth-order valence-corrected chi connectivity index (χ4v) is 1.92. The standard InChI is InChI=1S/C14H13ClN2O4/c1-8(18)17-12-4-2-9(6-11(12)15)16-7-10-3-5-13(21-10)14(19)20/h2-6,16H,7H2,1H3,(H,17,18)(H,19,20). The highest BCUT2D eigenvalue weighted by Crippen LogP contribution is 2.25. The molecule has 2 aromatic rings. The highest BCUT2D eigenvalue weighted by Gasteiger charge is 2.09. The maximum atomic E-state index is 11.0. The van der Waals surface area contributed by atoms with Gasteiger partial charge in [0.25, 0.3) is 0 Å². The van der Waals surface area contributed by atoms with Gasteiger partial charge in [-0.3, -0.25) is 4.79 Å². The molecule has 21 heavy (non-hydrogen) atoms. The number of benzene rings is 1. The van der Waals surface area contributed by atoms with E-state index < -0.39 is 5.97 Å². The predicted octanol–water partition coefficient (Wildman–Crippen LogP) is 3.20. The van der Waals surface area contributed by atoms with Crippen LogP contribution in [0.4, 0.5) is 11.4 Å². The molecule has 0 aliphatic heterocycles. The summed E-state index contributed by atoms with van der Waals surface area (Å²) in [6.07, 6.45) is 0. The lowest BCUT2D eigenvalue weighted by atomic mass is 10.2. The van der Waals surface area contributed by atoms with Gasteiger partial charge in [0, 0.05) is 12.6 Å². The first-order valence-electron chi connectivity index (χ1n) is 6.08. The fraction of sp³-hybridized carbons (Fsp3) is 0.143. The molecule has 110 valence electrons. The summed E-state index contributed by atoms with van der Waals surface area (Å²) in [4.78, 5) is 21.7. The third kappa shape index (κ3) is 4.00. The van der Waals surface area contributed by atoms with Gasteiger partial charge < -0.3 is 20.2 Å². The van der Waals surface area contributed by atoms with Crippen molar-refractivity contribution >= 4 is 34.9 Å². The van der Waals surface area contributed by atoms with Gasteiger partial charge in [0.2, 0.25) is 11.7 Å². The Morgan fingerprint density at radius 2 is 2.05 bits per heavy atom. The van der Waals surface area contributed by atoms with Crippen LogP contribution >= 0.6 is 11.6 Å². The molecule has 1 amide bonds. The quantitative estimate of drug-likeness (QED) is 0.789.